The maximum atomic E-state index is 9.45. The average molecular weight is 308 g/mol. The van der Waals surface area contributed by atoms with E-state index in [-0.39, 0.29) is 0 Å². The first-order chi connectivity index (χ1) is 8.06. The van der Waals surface area contributed by atoms with Crippen LogP contribution in [-0.2, 0) is 13.4 Å². The van der Waals surface area contributed by atoms with Crippen LogP contribution in [0.2, 0.25) is 0 Å². The van der Waals surface area contributed by atoms with Gasteiger partial charge in [-0.25, -0.2) is 0 Å². The highest BCUT2D eigenvalue weighted by molar-refractivity contribution is 7.46. The Kier molecular flexibility index (Phi) is 10.0. The Balaban J connectivity index is 0. The van der Waals surface area contributed by atoms with E-state index in [0.29, 0.717) is 0 Å². The van der Waals surface area contributed by atoms with Crippen molar-refractivity contribution >= 4 is 16.5 Å². The van der Waals surface area contributed by atoms with E-state index in [1.54, 1.807) is 0 Å². The second kappa shape index (κ2) is 8.92. The fraction of sp³-hybridized carbons (Fsp3) is 1.00. The number of aliphatic hydroxyl groups excluding tert-OH is 3. The van der Waals surface area contributed by atoms with E-state index in [1.807, 2.05) is 0 Å². The summed E-state index contributed by atoms with van der Waals surface area (Å²) < 4.78 is 22.2. The van der Waals surface area contributed by atoms with E-state index in [1.165, 1.54) is 13.8 Å². The fourth-order valence-electron chi connectivity index (χ4n) is 0.790. The van der Waals surface area contributed by atoms with Crippen molar-refractivity contribution in [1.82, 2.24) is 0 Å². The van der Waals surface area contributed by atoms with Crippen LogP contribution in [0.1, 0.15) is 13.8 Å². The molecule has 0 saturated heterocycles. The molecule has 6 N–H and O–H groups in total. The normalized spacial score (nSPS) is 13.6. The third-order valence-corrected chi connectivity index (χ3v) is 3.46. The zero-order valence-corrected chi connectivity index (χ0v) is 11.7. The van der Waals surface area contributed by atoms with Gasteiger partial charge in [0.2, 0.25) is 0 Å². The molecule has 0 fully saturated rings. The lowest BCUT2D eigenvalue weighted by Crippen LogP contribution is -2.51. The van der Waals surface area contributed by atoms with Gasteiger partial charge in [0.1, 0.15) is 0 Å². The predicted molar refractivity (Wildman–Crippen MR) is 60.7 cm³/mol. The van der Waals surface area contributed by atoms with E-state index in [9.17, 15) is 14.2 Å². The van der Waals surface area contributed by atoms with Crippen molar-refractivity contribution in [3.63, 3.8) is 0 Å². The van der Waals surface area contributed by atoms with Crippen LogP contribution in [0.5, 0.6) is 0 Å². The maximum absolute atomic E-state index is 9.45. The third-order valence-electron chi connectivity index (χ3n) is 2.35. The zero-order chi connectivity index (χ0) is 15.0. The molecular formula is C7H18O9P2+2. The van der Waals surface area contributed by atoms with Gasteiger partial charge in [-0.1, -0.05) is 0 Å². The van der Waals surface area contributed by atoms with Gasteiger partial charge < -0.3 is 20.4 Å². The molecule has 0 aliphatic rings. The Morgan fingerprint density at radius 3 is 1.22 bits per heavy atom. The summed E-state index contributed by atoms with van der Waals surface area (Å²) in [6, 6.07) is 0. The molecule has 18 heavy (non-hydrogen) atoms. The third kappa shape index (κ3) is 7.38. The summed E-state index contributed by atoms with van der Waals surface area (Å²) in [7, 11) is -5.85. The Morgan fingerprint density at radius 2 is 1.22 bits per heavy atom. The van der Waals surface area contributed by atoms with Crippen molar-refractivity contribution in [3.05, 3.63) is 0 Å². The minimum atomic E-state index is -2.92. The van der Waals surface area contributed by atoms with Crippen LogP contribution in [0.3, 0.4) is 0 Å². The van der Waals surface area contributed by atoms with Crippen molar-refractivity contribution < 1.29 is 43.7 Å². The van der Waals surface area contributed by atoms with Crippen LogP contribution >= 0.6 is 16.5 Å². The molecule has 11 heteroatoms. The molecule has 0 aromatic heterocycles. The van der Waals surface area contributed by atoms with Gasteiger partial charge in [0.15, 0.2) is 4.31 Å². The highest BCUT2D eigenvalue weighted by atomic mass is 31.2. The first-order valence-electron chi connectivity index (χ1n) is 4.61. The van der Waals surface area contributed by atoms with Gasteiger partial charge in [-0.05, 0) is 13.8 Å². The molecule has 0 heterocycles. The fourth-order valence-corrected chi connectivity index (χ4v) is 1.27. The van der Waals surface area contributed by atoms with Crippen LogP contribution in [0.25, 0.3) is 0 Å². The molecule has 0 rings (SSSR count). The van der Waals surface area contributed by atoms with Crippen molar-refractivity contribution in [1.29, 1.82) is 0 Å². The van der Waals surface area contributed by atoms with Crippen LogP contribution in [-0.4, -0.2) is 55.6 Å². The summed E-state index contributed by atoms with van der Waals surface area (Å²) in [5, 5.41) is 35.9. The van der Waals surface area contributed by atoms with Gasteiger partial charge in [-0.2, -0.15) is 0 Å². The van der Waals surface area contributed by atoms with E-state index >= 15 is 0 Å². The predicted octanol–water partition coefficient (Wildman–Crippen LogP) is -0.977. The minimum Gasteiger partial charge on any atom is -0.395 e. The lowest BCUT2D eigenvalue weighted by molar-refractivity contribution is -0.133. The van der Waals surface area contributed by atoms with Crippen molar-refractivity contribution in [2.75, 3.05) is 19.8 Å². The van der Waals surface area contributed by atoms with Crippen LogP contribution < -0.4 is 0 Å². The van der Waals surface area contributed by atoms with Gasteiger partial charge >= 0.3 is 16.5 Å². The molecule has 0 radical (unpaired) electrons. The monoisotopic (exact) mass is 308 g/mol. The maximum Gasteiger partial charge on any atom is 0.745 e. The number of hydrogen-bond acceptors (Lipinski definition) is 7. The highest BCUT2D eigenvalue weighted by Crippen LogP contribution is 2.30. The summed E-state index contributed by atoms with van der Waals surface area (Å²) in [6.07, 6.45) is 0. The van der Waals surface area contributed by atoms with Gasteiger partial charge in [0, 0.05) is 9.13 Å². The molecule has 108 valence electrons. The van der Waals surface area contributed by atoms with Gasteiger partial charge in [0.25, 0.3) is 0 Å². The second-order valence-electron chi connectivity index (χ2n) is 3.87. The van der Waals surface area contributed by atoms with Crippen molar-refractivity contribution in [2.24, 2.45) is 5.41 Å². The molecule has 0 amide bonds. The summed E-state index contributed by atoms with van der Waals surface area (Å²) in [5.74, 6) is 0. The summed E-state index contributed by atoms with van der Waals surface area (Å²) in [5.41, 5.74) is -2.50. The quantitative estimate of drug-likeness (QED) is 0.338. The lowest BCUT2D eigenvalue weighted by atomic mass is 9.76. The number of aliphatic hydroxyl groups is 4. The lowest BCUT2D eigenvalue weighted by Gasteiger charge is -2.38. The van der Waals surface area contributed by atoms with Gasteiger partial charge in [0.05, 0.1) is 30.8 Å². The molecule has 0 aromatic rings. The van der Waals surface area contributed by atoms with Crippen molar-refractivity contribution in [2.45, 2.75) is 19.4 Å². The molecule has 2 unspecified atom stereocenters. The first kappa shape index (κ1) is 20.2. The zero-order valence-electron chi connectivity index (χ0n) is 9.92. The second-order valence-corrected chi connectivity index (χ2v) is 5.48. The Bertz CT molecular complexity index is 250. The molecule has 9 nitrogen and oxygen atoms in total. The summed E-state index contributed by atoms with van der Waals surface area (Å²) >= 11 is 0. The highest BCUT2D eigenvalue weighted by Gasteiger charge is 2.42. The summed E-state index contributed by atoms with van der Waals surface area (Å²) in [6.45, 7) is 1.56. The Labute approximate surface area is 106 Å². The molecule has 2 atom stereocenters. The summed E-state index contributed by atoms with van der Waals surface area (Å²) in [4.78, 5) is 15.3. The van der Waals surface area contributed by atoms with E-state index < -0.39 is 47.3 Å². The Hall–Kier alpha value is -0.0800. The van der Waals surface area contributed by atoms with Gasteiger partial charge in [-0.15, -0.1) is 9.79 Å². The van der Waals surface area contributed by atoms with E-state index in [2.05, 4.69) is 4.31 Å². The van der Waals surface area contributed by atoms with Gasteiger partial charge in [-0.3, -0.25) is 0 Å². The molecule has 0 spiro atoms. The van der Waals surface area contributed by atoms with Crippen molar-refractivity contribution in [3.8, 4) is 0 Å². The van der Waals surface area contributed by atoms with E-state index in [0.717, 1.165) is 0 Å². The first-order valence-corrected chi connectivity index (χ1v) is 6.87. The van der Waals surface area contributed by atoms with Crippen LogP contribution in [0.15, 0.2) is 0 Å². The number of rotatable bonds is 6. The topological polar surface area (TPSA) is 165 Å². The Morgan fingerprint density at radius 1 is 0.944 bits per heavy atom. The molecule has 0 aromatic carbocycles. The number of hydrogen-bond donors (Lipinski definition) is 6. The molecular weight excluding hydrogens is 290 g/mol. The molecule has 0 saturated carbocycles. The largest absolute Gasteiger partial charge is 0.745 e. The van der Waals surface area contributed by atoms with Crippen LogP contribution in [0.4, 0.5) is 0 Å². The molecule has 0 aliphatic heterocycles. The molecule has 0 bridgehead atoms. The van der Waals surface area contributed by atoms with E-state index in [4.69, 9.17) is 25.1 Å². The minimum absolute atomic E-state index is 0.441. The standard InChI is InChI=1S/C7H16O4.O5P2/c1-6(2,11)7(3-8,4-9)5-10;1-6(2)5-7(3)4/h8-11H,3-5H2,1-2H3;/p+2. The van der Waals surface area contributed by atoms with Crippen LogP contribution in [0, 0.1) is 5.41 Å². The smallest absolute Gasteiger partial charge is 0.395 e. The molecule has 0 aliphatic carbocycles. The average Bonchev–Trinajstić information content (AvgIpc) is 2.17. The SMILES string of the molecule is CC(C)(O)C(CO)(CO)CO.O=[P+](O)O[P+](=O)O.